The molecule has 0 aliphatic rings. The molecule has 0 bridgehead atoms. The van der Waals surface area contributed by atoms with E-state index in [0.29, 0.717) is 25.9 Å². The smallest absolute Gasteiger partial charge is 0.223 e. The summed E-state index contributed by atoms with van der Waals surface area (Å²) in [6.45, 7) is 12.7. The van der Waals surface area contributed by atoms with Crippen molar-refractivity contribution in [3.05, 3.63) is 25.3 Å². The highest BCUT2D eigenvalue weighted by Crippen LogP contribution is 2.03. The van der Waals surface area contributed by atoms with Gasteiger partial charge in [-0.3, -0.25) is 9.59 Å². The van der Waals surface area contributed by atoms with Gasteiger partial charge in [-0.2, -0.15) is 0 Å². The third kappa shape index (κ3) is 17.0. The van der Waals surface area contributed by atoms with Gasteiger partial charge < -0.3 is 4.90 Å². The van der Waals surface area contributed by atoms with Gasteiger partial charge in [-0.15, -0.1) is 13.2 Å². The molecule has 1 amide bonds. The van der Waals surface area contributed by atoms with E-state index in [1.165, 1.54) is 0 Å². The second kappa shape index (κ2) is 18.0. The lowest BCUT2D eigenvalue weighted by Crippen LogP contribution is -2.30. The molecule has 0 aromatic heterocycles. The van der Waals surface area contributed by atoms with Gasteiger partial charge in [0.25, 0.3) is 0 Å². The Labute approximate surface area is 141 Å². The molecule has 0 aromatic rings. The monoisotopic (exact) mass is 329 g/mol. The molecule has 0 rings (SSSR count). The Balaban J connectivity index is 0. The third-order valence-corrected chi connectivity index (χ3v) is 3.21. The first-order valence-corrected chi connectivity index (χ1v) is 8.59. The molecule has 22 heavy (non-hydrogen) atoms. The van der Waals surface area contributed by atoms with Crippen LogP contribution in [0.15, 0.2) is 25.3 Å². The first-order chi connectivity index (χ1) is 10.5. The number of unbranched alkanes of at least 4 members (excludes halogenated alkanes) is 4. The molecule has 0 fully saturated rings. The Bertz CT molecular complexity index is 306. The summed E-state index contributed by atoms with van der Waals surface area (Å²) in [4.78, 5) is 23.5. The maximum absolute atomic E-state index is 11.6. The van der Waals surface area contributed by atoms with E-state index in [2.05, 4.69) is 27.0 Å². The average molecular weight is 330 g/mol. The van der Waals surface area contributed by atoms with Crippen LogP contribution in [0.3, 0.4) is 0 Å². The van der Waals surface area contributed by atoms with Crippen molar-refractivity contribution in [3.8, 4) is 0 Å². The number of rotatable bonds is 12. The molecule has 0 unspecified atom stereocenters. The van der Waals surface area contributed by atoms with Gasteiger partial charge in [0.05, 0.1) is 0 Å². The van der Waals surface area contributed by atoms with Gasteiger partial charge in [0.15, 0.2) is 0 Å². The average Bonchev–Trinajstić information content (AvgIpc) is 2.48. The Morgan fingerprint density at radius 2 is 1.36 bits per heavy atom. The SMILES string of the molecule is C=CCN(CC=C)C(=O)CCCCC.CCCCCC(=O)Cl. The van der Waals surface area contributed by atoms with E-state index in [1.54, 1.807) is 17.1 Å². The van der Waals surface area contributed by atoms with Crippen molar-refractivity contribution in [1.82, 2.24) is 4.90 Å². The predicted octanol–water partition coefficient (Wildman–Crippen LogP) is 5.10. The summed E-state index contributed by atoms with van der Waals surface area (Å²) in [5.41, 5.74) is 0. The van der Waals surface area contributed by atoms with Gasteiger partial charge in [0.2, 0.25) is 11.1 Å². The van der Waals surface area contributed by atoms with Crippen molar-refractivity contribution in [2.24, 2.45) is 0 Å². The van der Waals surface area contributed by atoms with E-state index in [4.69, 9.17) is 11.6 Å². The summed E-state index contributed by atoms with van der Waals surface area (Å²) >= 11 is 5.07. The second-order valence-corrected chi connectivity index (χ2v) is 5.57. The molecule has 0 atom stereocenters. The van der Waals surface area contributed by atoms with Gasteiger partial charge >= 0.3 is 0 Å². The fourth-order valence-corrected chi connectivity index (χ4v) is 1.92. The molecule has 128 valence electrons. The molecule has 0 aliphatic carbocycles. The summed E-state index contributed by atoms with van der Waals surface area (Å²) in [5.74, 6) is 0.207. The van der Waals surface area contributed by atoms with E-state index in [-0.39, 0.29) is 11.1 Å². The Morgan fingerprint density at radius 3 is 1.73 bits per heavy atom. The van der Waals surface area contributed by atoms with Gasteiger partial charge in [0, 0.05) is 25.9 Å². The van der Waals surface area contributed by atoms with E-state index in [1.807, 2.05) is 0 Å². The van der Waals surface area contributed by atoms with Crippen LogP contribution in [0.5, 0.6) is 0 Å². The largest absolute Gasteiger partial charge is 0.335 e. The number of carbonyl (C=O) groups excluding carboxylic acids is 2. The number of carbonyl (C=O) groups is 2. The zero-order valence-electron chi connectivity index (χ0n) is 14.3. The van der Waals surface area contributed by atoms with E-state index in [9.17, 15) is 9.59 Å². The molecule has 0 heterocycles. The zero-order valence-corrected chi connectivity index (χ0v) is 15.0. The van der Waals surface area contributed by atoms with Crippen LogP contribution in [0.1, 0.15) is 65.2 Å². The Hall–Kier alpha value is -1.09. The number of hydrogen-bond acceptors (Lipinski definition) is 2. The molecule has 0 N–H and O–H groups in total. The van der Waals surface area contributed by atoms with Crippen LogP contribution in [0.25, 0.3) is 0 Å². The van der Waals surface area contributed by atoms with Gasteiger partial charge in [0.1, 0.15) is 0 Å². The summed E-state index contributed by atoms with van der Waals surface area (Å²) in [5, 5.41) is -0.210. The topological polar surface area (TPSA) is 37.4 Å². The molecule has 3 nitrogen and oxygen atoms in total. The van der Waals surface area contributed by atoms with Gasteiger partial charge in [-0.25, -0.2) is 0 Å². The van der Waals surface area contributed by atoms with Crippen LogP contribution in [-0.2, 0) is 9.59 Å². The fourth-order valence-electron chi connectivity index (χ4n) is 1.79. The molecular weight excluding hydrogens is 298 g/mol. The minimum atomic E-state index is -0.210. The highest BCUT2D eigenvalue weighted by Gasteiger charge is 2.08. The van der Waals surface area contributed by atoms with E-state index in [0.717, 1.165) is 38.5 Å². The molecule has 0 saturated heterocycles. The minimum Gasteiger partial charge on any atom is -0.335 e. The van der Waals surface area contributed by atoms with Crippen molar-refractivity contribution >= 4 is 22.8 Å². The van der Waals surface area contributed by atoms with Crippen molar-refractivity contribution in [2.75, 3.05) is 13.1 Å². The molecular formula is C18H32ClNO2. The van der Waals surface area contributed by atoms with Gasteiger partial charge in [-0.1, -0.05) is 51.7 Å². The van der Waals surface area contributed by atoms with Crippen LogP contribution in [-0.4, -0.2) is 29.1 Å². The van der Waals surface area contributed by atoms with Crippen LogP contribution in [0.4, 0.5) is 0 Å². The third-order valence-electron chi connectivity index (χ3n) is 3.02. The van der Waals surface area contributed by atoms with Crippen LogP contribution in [0, 0.1) is 0 Å². The minimum absolute atomic E-state index is 0.207. The number of nitrogens with zero attached hydrogens (tertiary/aromatic N) is 1. The standard InChI is InChI=1S/C12H21NO.C6H11ClO/c1-4-7-8-9-12(14)13(10-5-2)11-6-3;1-2-3-4-5-6(7)8/h5-6H,2-4,7-11H2,1H3;2-5H2,1H3. The zero-order chi connectivity index (χ0) is 17.2. The van der Waals surface area contributed by atoms with E-state index >= 15 is 0 Å². The molecule has 0 radical (unpaired) electrons. The van der Waals surface area contributed by atoms with Crippen molar-refractivity contribution < 1.29 is 9.59 Å². The van der Waals surface area contributed by atoms with Gasteiger partial charge in [-0.05, 0) is 24.4 Å². The maximum atomic E-state index is 11.6. The molecule has 0 saturated carbocycles. The summed E-state index contributed by atoms with van der Waals surface area (Å²) in [6.07, 6.45) is 11.1. The summed E-state index contributed by atoms with van der Waals surface area (Å²) in [7, 11) is 0. The normalized spacial score (nSPS) is 9.41. The van der Waals surface area contributed by atoms with E-state index < -0.39 is 0 Å². The summed E-state index contributed by atoms with van der Waals surface area (Å²) < 4.78 is 0. The van der Waals surface area contributed by atoms with Crippen LogP contribution < -0.4 is 0 Å². The fraction of sp³-hybridized carbons (Fsp3) is 0.667. The highest BCUT2D eigenvalue weighted by molar-refractivity contribution is 6.63. The lowest BCUT2D eigenvalue weighted by molar-refractivity contribution is -0.130. The molecule has 0 aliphatic heterocycles. The summed E-state index contributed by atoms with van der Waals surface area (Å²) in [6, 6.07) is 0. The molecule has 4 heteroatoms. The Kier molecular flexibility index (Phi) is 18.9. The van der Waals surface area contributed by atoms with Crippen molar-refractivity contribution in [1.29, 1.82) is 0 Å². The van der Waals surface area contributed by atoms with Crippen molar-refractivity contribution in [3.63, 3.8) is 0 Å². The molecule has 0 aromatic carbocycles. The van der Waals surface area contributed by atoms with Crippen LogP contribution in [0.2, 0.25) is 0 Å². The number of amides is 1. The quantitative estimate of drug-likeness (QED) is 0.284. The first kappa shape index (κ1) is 23.2. The highest BCUT2D eigenvalue weighted by atomic mass is 35.5. The van der Waals surface area contributed by atoms with Crippen LogP contribution >= 0.6 is 11.6 Å². The molecule has 0 spiro atoms. The second-order valence-electron chi connectivity index (χ2n) is 5.15. The predicted molar refractivity (Wildman–Crippen MR) is 96.1 cm³/mol. The van der Waals surface area contributed by atoms with Crippen molar-refractivity contribution in [2.45, 2.75) is 65.2 Å². The first-order valence-electron chi connectivity index (χ1n) is 8.21. The lowest BCUT2D eigenvalue weighted by atomic mass is 10.2. The lowest BCUT2D eigenvalue weighted by Gasteiger charge is -2.18. The maximum Gasteiger partial charge on any atom is 0.223 e. The Morgan fingerprint density at radius 1 is 0.909 bits per heavy atom. The number of hydrogen-bond donors (Lipinski definition) is 0. The number of halogens is 1.